The van der Waals surface area contributed by atoms with Crippen molar-refractivity contribution >= 4 is 17.1 Å². The van der Waals surface area contributed by atoms with Crippen molar-refractivity contribution in [1.82, 2.24) is 4.90 Å². The van der Waals surface area contributed by atoms with Crippen molar-refractivity contribution in [3.63, 3.8) is 0 Å². The molecule has 1 aliphatic rings. The number of allylic oxidation sites excluding steroid dienone is 1. The Hall–Kier alpha value is -3.73. The van der Waals surface area contributed by atoms with Crippen molar-refractivity contribution in [3.8, 4) is 11.5 Å². The first-order chi connectivity index (χ1) is 19.7. The van der Waals surface area contributed by atoms with Crippen molar-refractivity contribution in [2.24, 2.45) is 0 Å². The minimum Gasteiger partial charge on any atom is -0.492 e. The van der Waals surface area contributed by atoms with Crippen LogP contribution in [-0.2, 0) is 9.53 Å². The highest BCUT2D eigenvalue weighted by Gasteiger charge is 2.48. The molecule has 4 rings (SSSR count). The normalized spacial score (nSPS) is 23.1. The predicted molar refractivity (Wildman–Crippen MR) is 155 cm³/mol. The van der Waals surface area contributed by atoms with Gasteiger partial charge in [0.05, 0.1) is 0 Å². The average Bonchev–Trinajstić information content (AvgIpc) is 2.97. The fraction of sp³-hybridized carbons (Fsp3) is 0.344. The smallest absolute Gasteiger partial charge is 0.335 e. The summed E-state index contributed by atoms with van der Waals surface area (Å²) in [6.07, 6.45) is -7.61. The summed E-state index contributed by atoms with van der Waals surface area (Å²) < 4.78 is 16.8. The van der Waals surface area contributed by atoms with E-state index in [0.717, 1.165) is 46.6 Å². The fourth-order valence-corrected chi connectivity index (χ4v) is 4.73. The summed E-state index contributed by atoms with van der Waals surface area (Å²) >= 11 is 0. The lowest BCUT2D eigenvalue weighted by molar-refractivity contribution is -0.271. The summed E-state index contributed by atoms with van der Waals surface area (Å²) in [5.74, 6) is -0.383. The number of likely N-dealkylation sites (N-methyl/N-ethyl adjacent to an activating group) is 1. The van der Waals surface area contributed by atoms with E-state index in [4.69, 9.17) is 14.2 Å². The molecule has 0 spiro atoms. The number of aliphatic hydroxyl groups is 3. The van der Waals surface area contributed by atoms with E-state index in [-0.39, 0.29) is 0 Å². The van der Waals surface area contributed by atoms with Crippen LogP contribution in [0.25, 0.3) is 11.1 Å². The van der Waals surface area contributed by atoms with E-state index in [9.17, 15) is 25.2 Å². The molecular formula is C32H37NO8. The number of carboxylic acid groups (broad SMARTS) is 1. The van der Waals surface area contributed by atoms with Crippen LogP contribution in [0, 0.1) is 0 Å². The monoisotopic (exact) mass is 563 g/mol. The summed E-state index contributed by atoms with van der Waals surface area (Å²) in [6.45, 7) is 3.51. The molecule has 4 N–H and O–H groups in total. The first-order valence-corrected chi connectivity index (χ1v) is 13.6. The SMILES string of the molecule is CC/C(=C(/c1ccc(OCCN(C)C)cc1)c1ccc(O[C@@H]2O[C@H](C(=O)O)[C@@H](O)[C@H](O)[C@H]2O)cc1)c1ccccc1. The number of aliphatic carboxylic acids is 1. The van der Waals surface area contributed by atoms with Crippen LogP contribution in [0.4, 0.5) is 0 Å². The second-order valence-corrected chi connectivity index (χ2v) is 10.1. The summed E-state index contributed by atoms with van der Waals surface area (Å²) in [6, 6.07) is 25.3. The standard InChI is InChI=1S/C32H37NO8/c1-4-25(20-8-6-5-7-9-20)26(21-10-14-23(15-11-21)39-19-18-33(2)3)22-12-16-24(17-13-22)40-32-29(36)27(34)28(35)30(41-32)31(37)38/h5-17,27-30,32,34-36H,4,18-19H2,1-3H3,(H,37,38)/b26-25+/t27-,28-,29+,30-,32+/m0/s1. The number of nitrogens with zero attached hydrogens (tertiary/aromatic N) is 1. The molecule has 0 bridgehead atoms. The van der Waals surface area contributed by atoms with Crippen LogP contribution in [0.15, 0.2) is 78.9 Å². The molecule has 3 aromatic rings. The molecular weight excluding hydrogens is 526 g/mol. The molecule has 0 unspecified atom stereocenters. The maximum absolute atomic E-state index is 11.4. The number of rotatable bonds is 11. The van der Waals surface area contributed by atoms with Crippen molar-refractivity contribution in [1.29, 1.82) is 0 Å². The Bertz CT molecular complexity index is 1310. The Morgan fingerprint density at radius 1 is 0.805 bits per heavy atom. The maximum Gasteiger partial charge on any atom is 0.335 e. The molecule has 0 radical (unpaired) electrons. The topological polar surface area (TPSA) is 129 Å². The summed E-state index contributed by atoms with van der Waals surface area (Å²) in [7, 11) is 4.00. The molecule has 0 aromatic heterocycles. The number of hydrogen-bond donors (Lipinski definition) is 4. The van der Waals surface area contributed by atoms with Crippen molar-refractivity contribution < 1.29 is 39.4 Å². The Morgan fingerprint density at radius 2 is 1.39 bits per heavy atom. The van der Waals surface area contributed by atoms with Crippen LogP contribution in [0.1, 0.15) is 30.0 Å². The van der Waals surface area contributed by atoms with Gasteiger partial charge in [0.2, 0.25) is 6.29 Å². The first kappa shape index (κ1) is 30.2. The molecule has 1 saturated heterocycles. The summed E-state index contributed by atoms with van der Waals surface area (Å²) in [5, 5.41) is 39.7. The van der Waals surface area contributed by atoms with E-state index in [0.29, 0.717) is 12.4 Å². The lowest BCUT2D eigenvalue weighted by Gasteiger charge is -2.38. The van der Waals surface area contributed by atoms with Crippen molar-refractivity contribution in [3.05, 3.63) is 95.6 Å². The molecule has 1 heterocycles. The van der Waals surface area contributed by atoms with Gasteiger partial charge < -0.3 is 39.5 Å². The van der Waals surface area contributed by atoms with Gasteiger partial charge in [0, 0.05) is 6.54 Å². The highest BCUT2D eigenvalue weighted by molar-refractivity contribution is 5.98. The molecule has 1 fully saturated rings. The number of aliphatic hydroxyl groups excluding tert-OH is 3. The van der Waals surface area contributed by atoms with Gasteiger partial charge in [0.1, 0.15) is 36.4 Å². The molecule has 0 aliphatic carbocycles. The molecule has 5 atom stereocenters. The third-order valence-electron chi connectivity index (χ3n) is 6.94. The van der Waals surface area contributed by atoms with Gasteiger partial charge in [-0.15, -0.1) is 0 Å². The van der Waals surface area contributed by atoms with Crippen LogP contribution in [0.3, 0.4) is 0 Å². The highest BCUT2D eigenvalue weighted by atomic mass is 16.7. The van der Waals surface area contributed by atoms with Crippen LogP contribution >= 0.6 is 0 Å². The van der Waals surface area contributed by atoms with Gasteiger partial charge in [0.25, 0.3) is 0 Å². The van der Waals surface area contributed by atoms with E-state index >= 15 is 0 Å². The zero-order valence-corrected chi connectivity index (χ0v) is 23.4. The fourth-order valence-electron chi connectivity index (χ4n) is 4.73. The molecule has 0 amide bonds. The van der Waals surface area contributed by atoms with Crippen molar-refractivity contribution in [2.45, 2.75) is 44.1 Å². The second kappa shape index (κ2) is 13.8. The maximum atomic E-state index is 11.4. The van der Waals surface area contributed by atoms with Crippen molar-refractivity contribution in [2.75, 3.05) is 27.2 Å². The lowest BCUT2D eigenvalue weighted by Crippen LogP contribution is -2.61. The van der Waals surface area contributed by atoms with E-state index in [2.05, 4.69) is 24.0 Å². The Balaban J connectivity index is 1.64. The molecule has 41 heavy (non-hydrogen) atoms. The molecule has 218 valence electrons. The number of carbonyl (C=O) groups is 1. The molecule has 9 nitrogen and oxygen atoms in total. The van der Waals surface area contributed by atoms with Crippen LogP contribution in [-0.4, -0.2) is 89.2 Å². The van der Waals surface area contributed by atoms with Gasteiger partial charge in [-0.25, -0.2) is 4.79 Å². The third-order valence-corrected chi connectivity index (χ3v) is 6.94. The number of ether oxygens (including phenoxy) is 3. The van der Waals surface area contributed by atoms with Gasteiger partial charge in [-0.05, 0) is 72.6 Å². The van der Waals surface area contributed by atoms with Crippen LogP contribution in [0.2, 0.25) is 0 Å². The minimum absolute atomic E-state index is 0.298. The quantitative estimate of drug-likeness (QED) is 0.260. The largest absolute Gasteiger partial charge is 0.492 e. The Morgan fingerprint density at radius 3 is 1.93 bits per heavy atom. The summed E-state index contributed by atoms with van der Waals surface area (Å²) in [4.78, 5) is 13.5. The highest BCUT2D eigenvalue weighted by Crippen LogP contribution is 2.36. The first-order valence-electron chi connectivity index (χ1n) is 13.6. The Labute approximate surface area is 239 Å². The van der Waals surface area contributed by atoms with E-state index < -0.39 is 36.7 Å². The number of benzene rings is 3. The zero-order valence-electron chi connectivity index (χ0n) is 23.4. The van der Waals surface area contributed by atoms with E-state index in [1.54, 1.807) is 12.1 Å². The molecule has 9 heteroatoms. The van der Waals surface area contributed by atoms with Gasteiger partial charge in [0.15, 0.2) is 6.10 Å². The van der Waals surface area contributed by atoms with Gasteiger partial charge in [-0.3, -0.25) is 0 Å². The van der Waals surface area contributed by atoms with E-state index in [1.807, 2.05) is 68.7 Å². The number of carboxylic acids is 1. The van der Waals surface area contributed by atoms with Crippen LogP contribution < -0.4 is 9.47 Å². The molecule has 0 saturated carbocycles. The molecule has 3 aromatic carbocycles. The average molecular weight is 564 g/mol. The second-order valence-electron chi connectivity index (χ2n) is 10.1. The van der Waals surface area contributed by atoms with E-state index in [1.165, 1.54) is 0 Å². The Kier molecular flexibility index (Phi) is 10.1. The lowest BCUT2D eigenvalue weighted by atomic mass is 9.88. The van der Waals surface area contributed by atoms with Gasteiger partial charge in [-0.2, -0.15) is 0 Å². The predicted octanol–water partition coefficient (Wildman–Crippen LogP) is 3.27. The van der Waals surface area contributed by atoms with Gasteiger partial charge in [-0.1, -0.05) is 61.5 Å². The molecule has 1 aliphatic heterocycles. The van der Waals surface area contributed by atoms with Gasteiger partial charge >= 0.3 is 5.97 Å². The minimum atomic E-state index is -1.78. The van der Waals surface area contributed by atoms with Crippen LogP contribution in [0.5, 0.6) is 11.5 Å². The zero-order chi connectivity index (χ0) is 29.5. The third kappa shape index (κ3) is 7.32. The summed E-state index contributed by atoms with van der Waals surface area (Å²) in [5.41, 5.74) is 5.20. The number of hydrogen-bond acceptors (Lipinski definition) is 8.